The van der Waals surface area contributed by atoms with Gasteiger partial charge in [0.2, 0.25) is 0 Å². The minimum Gasteiger partial charge on any atom is -0.493 e. The van der Waals surface area contributed by atoms with Crippen LogP contribution in [-0.2, 0) is 4.79 Å². The van der Waals surface area contributed by atoms with Gasteiger partial charge in [-0.2, -0.15) is 5.10 Å². The summed E-state index contributed by atoms with van der Waals surface area (Å²) in [5.41, 5.74) is 3.24. The number of carbonyl (C=O) groups is 2. The van der Waals surface area contributed by atoms with E-state index in [9.17, 15) is 9.59 Å². The molecule has 0 spiro atoms. The lowest BCUT2D eigenvalue weighted by Gasteiger charge is -2.14. The first-order valence-corrected chi connectivity index (χ1v) is 11.9. The number of benzene rings is 4. The summed E-state index contributed by atoms with van der Waals surface area (Å²) < 4.78 is 16.6. The van der Waals surface area contributed by atoms with Gasteiger partial charge in [-0.25, -0.2) is 10.2 Å². The van der Waals surface area contributed by atoms with Gasteiger partial charge in [0.1, 0.15) is 5.75 Å². The molecule has 0 radical (unpaired) electrons. The van der Waals surface area contributed by atoms with Crippen LogP contribution in [-0.4, -0.2) is 31.3 Å². The number of amides is 1. The van der Waals surface area contributed by atoms with E-state index < -0.39 is 18.0 Å². The Morgan fingerprint density at radius 3 is 2.49 bits per heavy atom. The second-order valence-electron chi connectivity index (χ2n) is 7.90. The molecule has 0 aliphatic rings. The molecule has 0 unspecified atom stereocenters. The van der Waals surface area contributed by atoms with Gasteiger partial charge >= 0.3 is 5.97 Å². The Hall–Kier alpha value is -4.07. The molecule has 37 heavy (non-hydrogen) atoms. The maximum atomic E-state index is 12.5. The molecule has 0 bridgehead atoms. The molecule has 0 aromatic heterocycles. The number of methoxy groups -OCH3 is 1. The van der Waals surface area contributed by atoms with E-state index >= 15 is 0 Å². The van der Waals surface area contributed by atoms with Crippen LogP contribution in [0.3, 0.4) is 0 Å². The van der Waals surface area contributed by atoms with Gasteiger partial charge in [0.15, 0.2) is 17.6 Å². The molecule has 0 aliphatic carbocycles. The van der Waals surface area contributed by atoms with E-state index in [1.165, 1.54) is 25.5 Å². The van der Waals surface area contributed by atoms with Crippen molar-refractivity contribution in [2.45, 2.75) is 13.0 Å². The van der Waals surface area contributed by atoms with Crippen molar-refractivity contribution < 1.29 is 23.8 Å². The number of hydrazone groups is 1. The number of rotatable bonds is 8. The van der Waals surface area contributed by atoms with Crippen molar-refractivity contribution in [1.82, 2.24) is 5.43 Å². The first-order chi connectivity index (χ1) is 17.9. The molecule has 1 N–H and O–H groups in total. The predicted molar refractivity (Wildman–Crippen MR) is 144 cm³/mol. The predicted octanol–water partition coefficient (Wildman–Crippen LogP) is 6.29. The topological polar surface area (TPSA) is 86.2 Å². The lowest BCUT2D eigenvalue weighted by atomic mass is 10.1. The Balaban J connectivity index is 1.38. The quantitative estimate of drug-likeness (QED) is 0.124. The van der Waals surface area contributed by atoms with Gasteiger partial charge < -0.3 is 14.2 Å². The van der Waals surface area contributed by atoms with Gasteiger partial charge in [-0.15, -0.1) is 0 Å². The highest BCUT2D eigenvalue weighted by atomic mass is 35.5. The van der Waals surface area contributed by atoms with Gasteiger partial charge in [0.05, 0.1) is 23.9 Å². The molecule has 0 heterocycles. The number of carbonyl (C=O) groups excluding carboxylic acids is 2. The van der Waals surface area contributed by atoms with E-state index in [2.05, 4.69) is 10.5 Å². The zero-order chi connectivity index (χ0) is 26.4. The van der Waals surface area contributed by atoms with Crippen LogP contribution in [0.2, 0.25) is 10.0 Å². The molecule has 0 saturated heterocycles. The van der Waals surface area contributed by atoms with Crippen molar-refractivity contribution in [3.05, 3.63) is 100 Å². The van der Waals surface area contributed by atoms with E-state index in [0.29, 0.717) is 22.1 Å². The van der Waals surface area contributed by atoms with Crippen LogP contribution in [0.1, 0.15) is 22.8 Å². The number of esters is 1. The summed E-state index contributed by atoms with van der Waals surface area (Å²) in [4.78, 5) is 25.0. The lowest BCUT2D eigenvalue weighted by molar-refractivity contribution is -0.127. The largest absolute Gasteiger partial charge is 0.493 e. The average molecular weight is 537 g/mol. The minimum absolute atomic E-state index is 0.168. The summed E-state index contributed by atoms with van der Waals surface area (Å²) in [6.45, 7) is 1.64. The molecule has 4 aromatic rings. The molecule has 188 valence electrons. The summed E-state index contributed by atoms with van der Waals surface area (Å²) in [6.07, 6.45) is 0.658. The number of hydrogen-bond donors (Lipinski definition) is 1. The van der Waals surface area contributed by atoms with Crippen molar-refractivity contribution in [2.24, 2.45) is 5.10 Å². The Bertz CT molecular complexity index is 1480. The standard InChI is InChI=1S/C28H22Cl2N2O5/c1-17(36-24-9-5-7-19-6-3-4-8-21(19)24)27(33)32-31-16-18-10-13-25(26(14-18)35-2)37-28(34)22-12-11-20(29)15-23(22)30/h3-17H,1-2H3,(H,32,33)/b31-16-/t17-/m0/s1. The summed E-state index contributed by atoms with van der Waals surface area (Å²) in [5.74, 6) is 0.0213. The third kappa shape index (κ3) is 6.39. The normalized spacial score (nSPS) is 11.8. The van der Waals surface area contributed by atoms with E-state index in [0.717, 1.165) is 10.8 Å². The number of halogens is 2. The maximum absolute atomic E-state index is 12.5. The van der Waals surface area contributed by atoms with Crippen LogP contribution < -0.4 is 19.6 Å². The third-order valence-electron chi connectivity index (χ3n) is 5.35. The third-order valence-corrected chi connectivity index (χ3v) is 5.90. The Morgan fingerprint density at radius 1 is 0.919 bits per heavy atom. The maximum Gasteiger partial charge on any atom is 0.345 e. The van der Waals surface area contributed by atoms with Crippen molar-refractivity contribution in [1.29, 1.82) is 0 Å². The van der Waals surface area contributed by atoms with Crippen LogP contribution in [0.5, 0.6) is 17.2 Å². The van der Waals surface area contributed by atoms with Crippen molar-refractivity contribution in [3.8, 4) is 17.2 Å². The Morgan fingerprint density at radius 2 is 1.70 bits per heavy atom. The van der Waals surface area contributed by atoms with E-state index in [4.69, 9.17) is 37.4 Å². The van der Waals surface area contributed by atoms with Crippen LogP contribution in [0.15, 0.2) is 84.0 Å². The number of fused-ring (bicyclic) bond motifs is 1. The summed E-state index contributed by atoms with van der Waals surface area (Å²) >= 11 is 12.0. The van der Waals surface area contributed by atoms with Gasteiger partial charge in [-0.3, -0.25) is 4.79 Å². The number of nitrogens with one attached hydrogen (secondary N) is 1. The summed E-state index contributed by atoms with van der Waals surface area (Å²) in [5, 5.41) is 6.52. The zero-order valence-corrected chi connectivity index (χ0v) is 21.4. The van der Waals surface area contributed by atoms with E-state index in [1.54, 1.807) is 31.2 Å². The SMILES string of the molecule is COc1cc(/C=N\NC(=O)[C@H](C)Oc2cccc3ccccc23)ccc1OC(=O)c1ccc(Cl)cc1Cl. The zero-order valence-electron chi connectivity index (χ0n) is 19.9. The average Bonchev–Trinajstić information content (AvgIpc) is 2.89. The van der Waals surface area contributed by atoms with Crippen molar-refractivity contribution in [3.63, 3.8) is 0 Å². The van der Waals surface area contributed by atoms with Crippen LogP contribution in [0.4, 0.5) is 0 Å². The first-order valence-electron chi connectivity index (χ1n) is 11.2. The lowest BCUT2D eigenvalue weighted by Crippen LogP contribution is -2.33. The smallest absolute Gasteiger partial charge is 0.345 e. The van der Waals surface area contributed by atoms with Crippen LogP contribution >= 0.6 is 23.2 Å². The van der Waals surface area contributed by atoms with Gasteiger partial charge in [0.25, 0.3) is 5.91 Å². The molecule has 0 fully saturated rings. The highest BCUT2D eigenvalue weighted by Gasteiger charge is 2.17. The fourth-order valence-electron chi connectivity index (χ4n) is 3.46. The van der Waals surface area contributed by atoms with E-state index in [1.807, 2.05) is 42.5 Å². The van der Waals surface area contributed by atoms with Gasteiger partial charge in [0, 0.05) is 10.4 Å². The molecule has 1 amide bonds. The molecule has 4 rings (SSSR count). The molecule has 0 saturated carbocycles. The highest BCUT2D eigenvalue weighted by Crippen LogP contribution is 2.30. The van der Waals surface area contributed by atoms with Crippen LogP contribution in [0.25, 0.3) is 10.8 Å². The molecule has 1 atom stereocenters. The molecule has 0 aliphatic heterocycles. The molecule has 4 aromatic carbocycles. The molecule has 9 heteroatoms. The van der Waals surface area contributed by atoms with E-state index in [-0.39, 0.29) is 16.3 Å². The number of nitrogens with zero attached hydrogens (tertiary/aromatic N) is 1. The second kappa shape index (κ2) is 11.8. The fraction of sp³-hybridized carbons (Fsp3) is 0.107. The van der Waals surface area contributed by atoms with Crippen molar-refractivity contribution >= 4 is 52.1 Å². The highest BCUT2D eigenvalue weighted by molar-refractivity contribution is 6.36. The minimum atomic E-state index is -0.779. The fourth-order valence-corrected chi connectivity index (χ4v) is 3.95. The van der Waals surface area contributed by atoms with Crippen LogP contribution in [0, 0.1) is 0 Å². The Kier molecular flexibility index (Phi) is 8.28. The Labute approximate surface area is 223 Å². The first kappa shape index (κ1) is 26.0. The monoisotopic (exact) mass is 536 g/mol. The number of hydrogen-bond acceptors (Lipinski definition) is 6. The van der Waals surface area contributed by atoms with Gasteiger partial charge in [-0.05, 0) is 60.3 Å². The van der Waals surface area contributed by atoms with Crippen molar-refractivity contribution in [2.75, 3.05) is 7.11 Å². The molecular formula is C28H22Cl2N2O5. The van der Waals surface area contributed by atoms with Gasteiger partial charge in [-0.1, -0.05) is 59.6 Å². The second-order valence-corrected chi connectivity index (χ2v) is 8.74. The molecular weight excluding hydrogens is 515 g/mol. The molecule has 7 nitrogen and oxygen atoms in total. The number of ether oxygens (including phenoxy) is 3. The summed E-state index contributed by atoms with van der Waals surface area (Å²) in [7, 11) is 1.44. The summed E-state index contributed by atoms with van der Waals surface area (Å²) in [6, 6.07) is 22.7.